The van der Waals surface area contributed by atoms with Crippen LogP contribution in [0.5, 0.6) is 0 Å². The zero-order chi connectivity index (χ0) is 22.7. The Kier molecular flexibility index (Phi) is 6.77. The molecule has 0 atom stereocenters. The molecule has 0 aliphatic carbocycles. The average molecular weight is 477 g/mol. The number of nitrogens with zero attached hydrogens (tertiary/aromatic N) is 4. The van der Waals surface area contributed by atoms with Gasteiger partial charge in [-0.1, -0.05) is 18.2 Å². The number of aryl methyl sites for hydroxylation is 1. The van der Waals surface area contributed by atoms with Crippen LogP contribution in [-0.4, -0.2) is 53.9 Å². The van der Waals surface area contributed by atoms with E-state index >= 15 is 0 Å². The van der Waals surface area contributed by atoms with Gasteiger partial charge >= 0.3 is 0 Å². The topological polar surface area (TPSA) is 114 Å². The number of pyridine rings is 1. The maximum atomic E-state index is 12.8. The van der Waals surface area contributed by atoms with Gasteiger partial charge in [-0.25, -0.2) is 13.4 Å². The molecule has 11 heteroatoms. The van der Waals surface area contributed by atoms with Crippen LogP contribution in [0.1, 0.15) is 31.2 Å². The largest absolute Gasteiger partial charge is 0.311 e. The Labute approximate surface area is 191 Å². The van der Waals surface area contributed by atoms with Gasteiger partial charge in [0.15, 0.2) is 0 Å². The molecule has 1 fully saturated rings. The molecule has 9 nitrogen and oxygen atoms in total. The summed E-state index contributed by atoms with van der Waals surface area (Å²) in [6.07, 6.45) is 5.58. The fraction of sp³-hybridized carbons (Fsp3) is 0.429. The van der Waals surface area contributed by atoms with Gasteiger partial charge in [0.1, 0.15) is 4.90 Å². The Hall–Kier alpha value is -2.50. The van der Waals surface area contributed by atoms with Crippen molar-refractivity contribution in [2.75, 3.05) is 30.3 Å². The molecule has 32 heavy (non-hydrogen) atoms. The highest BCUT2D eigenvalue weighted by Crippen LogP contribution is 2.31. The number of carbonyl (C=O) groups is 1. The van der Waals surface area contributed by atoms with E-state index in [2.05, 4.69) is 4.98 Å². The van der Waals surface area contributed by atoms with Crippen LogP contribution in [0.3, 0.4) is 0 Å². The number of amides is 1. The van der Waals surface area contributed by atoms with Crippen LogP contribution in [0.25, 0.3) is 0 Å². The highest BCUT2D eigenvalue weighted by atomic mass is 32.2. The van der Waals surface area contributed by atoms with E-state index in [0.717, 1.165) is 31.2 Å². The van der Waals surface area contributed by atoms with E-state index in [0.29, 0.717) is 36.8 Å². The zero-order valence-electron chi connectivity index (χ0n) is 17.5. The number of fused-ring (bicyclic) bond motifs is 1. The van der Waals surface area contributed by atoms with Gasteiger partial charge in [0.25, 0.3) is 5.69 Å². The second-order valence-corrected chi connectivity index (χ2v) is 10.7. The molecule has 4 rings (SSSR count). The number of non-ortho nitro benzene ring substituents is 1. The third-order valence-electron chi connectivity index (χ3n) is 5.70. The van der Waals surface area contributed by atoms with E-state index in [1.165, 1.54) is 34.4 Å². The van der Waals surface area contributed by atoms with Crippen LogP contribution < -0.4 is 4.90 Å². The number of piperidine rings is 1. The summed E-state index contributed by atoms with van der Waals surface area (Å²) >= 11 is 1.24. The molecule has 2 aromatic rings. The van der Waals surface area contributed by atoms with Crippen molar-refractivity contribution in [3.8, 4) is 0 Å². The summed E-state index contributed by atoms with van der Waals surface area (Å²) < 4.78 is 27.0. The highest BCUT2D eigenvalue weighted by molar-refractivity contribution is 7.99. The number of aromatic nitrogens is 1. The summed E-state index contributed by atoms with van der Waals surface area (Å²) in [5.41, 5.74) is 1.54. The summed E-state index contributed by atoms with van der Waals surface area (Å²) in [6.45, 7) is 1.63. The number of hydrogen-bond acceptors (Lipinski definition) is 7. The van der Waals surface area contributed by atoms with Crippen LogP contribution in [0.2, 0.25) is 0 Å². The molecule has 2 aliphatic heterocycles. The third kappa shape index (κ3) is 4.79. The normalized spacial score (nSPS) is 17.1. The highest BCUT2D eigenvalue weighted by Gasteiger charge is 2.27. The Morgan fingerprint density at radius 3 is 2.56 bits per heavy atom. The summed E-state index contributed by atoms with van der Waals surface area (Å²) in [7, 11) is -3.53. The number of rotatable bonds is 6. The van der Waals surface area contributed by atoms with Gasteiger partial charge in [0.2, 0.25) is 15.9 Å². The molecule has 0 radical (unpaired) electrons. The van der Waals surface area contributed by atoms with E-state index in [4.69, 9.17) is 0 Å². The number of hydrogen-bond donors (Lipinski definition) is 0. The number of nitro benzene ring substituents is 1. The standard InChI is InChI=1S/C21H24N4O5S2/c26-21(24-12-4-5-16-13-17(25(27)28)6-8-19(16)24)15-31-20-9-7-18(14-22-20)32(29,30)23-10-2-1-3-11-23/h6-9,13-14H,1-5,10-12,15H2. The van der Waals surface area contributed by atoms with Gasteiger partial charge in [-0.3, -0.25) is 14.9 Å². The van der Waals surface area contributed by atoms with Crippen molar-refractivity contribution in [1.29, 1.82) is 0 Å². The Bertz CT molecular complexity index is 1120. The van der Waals surface area contributed by atoms with Crippen LogP contribution in [-0.2, 0) is 21.2 Å². The number of benzene rings is 1. The van der Waals surface area contributed by atoms with Crippen LogP contribution >= 0.6 is 11.8 Å². The molecular formula is C21H24N4O5S2. The van der Waals surface area contributed by atoms with Crippen molar-refractivity contribution < 1.29 is 18.1 Å². The number of nitro groups is 1. The van der Waals surface area contributed by atoms with E-state index in [1.54, 1.807) is 23.1 Å². The second-order valence-electron chi connectivity index (χ2n) is 7.80. The lowest BCUT2D eigenvalue weighted by Gasteiger charge is -2.29. The fourth-order valence-electron chi connectivity index (χ4n) is 4.03. The first-order valence-corrected chi connectivity index (χ1v) is 13.0. The van der Waals surface area contributed by atoms with Crippen molar-refractivity contribution in [1.82, 2.24) is 9.29 Å². The number of anilines is 1. The van der Waals surface area contributed by atoms with Gasteiger partial charge in [-0.05, 0) is 49.4 Å². The van der Waals surface area contributed by atoms with Gasteiger partial charge in [-0.15, -0.1) is 0 Å². The van der Waals surface area contributed by atoms with Crippen LogP contribution in [0, 0.1) is 10.1 Å². The molecule has 1 saturated heterocycles. The fourth-order valence-corrected chi connectivity index (χ4v) is 6.21. The minimum atomic E-state index is -3.53. The van der Waals surface area contributed by atoms with Crippen molar-refractivity contribution in [2.45, 2.75) is 42.0 Å². The smallest absolute Gasteiger partial charge is 0.269 e. The molecule has 1 amide bonds. The SMILES string of the molecule is O=C(CSc1ccc(S(=O)(=O)N2CCCCC2)cn1)N1CCCc2cc([N+](=O)[O-])ccc21. The quantitative estimate of drug-likeness (QED) is 0.357. The van der Waals surface area contributed by atoms with Crippen LogP contribution in [0.15, 0.2) is 46.5 Å². The number of sulfonamides is 1. The predicted molar refractivity (Wildman–Crippen MR) is 121 cm³/mol. The minimum Gasteiger partial charge on any atom is -0.311 e. The molecule has 1 aromatic carbocycles. The first-order chi connectivity index (χ1) is 15.4. The van der Waals surface area contributed by atoms with E-state index in [9.17, 15) is 23.3 Å². The first kappa shape index (κ1) is 22.7. The van der Waals surface area contributed by atoms with Crippen LogP contribution in [0.4, 0.5) is 11.4 Å². The van der Waals surface area contributed by atoms with Crippen molar-refractivity contribution in [2.24, 2.45) is 0 Å². The Morgan fingerprint density at radius 2 is 1.88 bits per heavy atom. The van der Waals surface area contributed by atoms with E-state index < -0.39 is 14.9 Å². The summed E-state index contributed by atoms with van der Waals surface area (Å²) in [5, 5.41) is 11.6. The molecule has 3 heterocycles. The first-order valence-electron chi connectivity index (χ1n) is 10.5. The molecule has 0 saturated carbocycles. The third-order valence-corrected chi connectivity index (χ3v) is 8.51. The van der Waals surface area contributed by atoms with E-state index in [1.807, 2.05) is 0 Å². The summed E-state index contributed by atoms with van der Waals surface area (Å²) in [5.74, 6) is 0.0263. The maximum Gasteiger partial charge on any atom is 0.269 e. The molecule has 0 bridgehead atoms. The molecule has 0 spiro atoms. The monoisotopic (exact) mass is 476 g/mol. The molecule has 0 N–H and O–H groups in total. The van der Waals surface area contributed by atoms with Crippen molar-refractivity contribution >= 4 is 39.1 Å². The van der Waals surface area contributed by atoms with Crippen molar-refractivity contribution in [3.63, 3.8) is 0 Å². The van der Waals surface area contributed by atoms with E-state index in [-0.39, 0.29) is 22.2 Å². The lowest BCUT2D eigenvalue weighted by Crippen LogP contribution is -2.36. The second kappa shape index (κ2) is 9.55. The molecule has 170 valence electrons. The molecule has 2 aliphatic rings. The average Bonchev–Trinajstić information content (AvgIpc) is 2.82. The molecule has 1 aromatic heterocycles. The summed E-state index contributed by atoms with van der Waals surface area (Å²) in [6, 6.07) is 7.75. The van der Waals surface area contributed by atoms with Gasteiger partial charge in [-0.2, -0.15) is 4.31 Å². The summed E-state index contributed by atoms with van der Waals surface area (Å²) in [4.78, 5) is 29.5. The Morgan fingerprint density at radius 1 is 1.09 bits per heavy atom. The number of thioether (sulfide) groups is 1. The molecule has 0 unspecified atom stereocenters. The molecular weight excluding hydrogens is 452 g/mol. The Balaban J connectivity index is 1.40. The zero-order valence-corrected chi connectivity index (χ0v) is 19.1. The maximum absolute atomic E-state index is 12.8. The van der Waals surface area contributed by atoms with Gasteiger partial charge in [0, 0.05) is 43.7 Å². The minimum absolute atomic E-state index is 0.0243. The predicted octanol–water partition coefficient (Wildman–Crippen LogP) is 3.24. The van der Waals surface area contributed by atoms with Gasteiger partial charge < -0.3 is 4.90 Å². The van der Waals surface area contributed by atoms with Crippen molar-refractivity contribution in [3.05, 3.63) is 52.2 Å². The van der Waals surface area contributed by atoms with Gasteiger partial charge in [0.05, 0.1) is 15.7 Å². The number of carbonyl (C=O) groups excluding carboxylic acids is 1. The lowest BCUT2D eigenvalue weighted by molar-refractivity contribution is -0.384. The lowest BCUT2D eigenvalue weighted by atomic mass is 10.0.